The van der Waals surface area contributed by atoms with Crippen LogP contribution >= 0.6 is 0 Å². The van der Waals surface area contributed by atoms with E-state index >= 15 is 0 Å². The van der Waals surface area contributed by atoms with E-state index in [1.807, 2.05) is 0 Å². The van der Waals surface area contributed by atoms with E-state index in [0.29, 0.717) is 33.6 Å². The van der Waals surface area contributed by atoms with Crippen molar-refractivity contribution in [3.8, 4) is 0 Å². The number of imide groups is 1. The van der Waals surface area contributed by atoms with Gasteiger partial charge in [0.25, 0.3) is 17.7 Å². The molecule has 7 nitrogen and oxygen atoms in total. The monoisotopic (exact) mass is 414 g/mol. The number of fused-ring (bicyclic) bond motifs is 1. The molecule has 0 unspecified atom stereocenters. The van der Waals surface area contributed by atoms with E-state index in [0.717, 1.165) is 4.90 Å². The first kappa shape index (κ1) is 20.0. The van der Waals surface area contributed by atoms with E-state index in [9.17, 15) is 19.2 Å². The van der Waals surface area contributed by atoms with Gasteiger partial charge >= 0.3 is 5.97 Å². The number of hydrogen-bond acceptors (Lipinski definition) is 5. The predicted molar refractivity (Wildman–Crippen MR) is 114 cm³/mol. The van der Waals surface area contributed by atoms with Crippen molar-refractivity contribution in [2.75, 3.05) is 16.8 Å². The second-order valence-corrected chi connectivity index (χ2v) is 6.79. The number of rotatable bonds is 5. The van der Waals surface area contributed by atoms with Gasteiger partial charge < -0.3 is 10.1 Å². The van der Waals surface area contributed by atoms with Crippen molar-refractivity contribution >= 4 is 35.1 Å². The summed E-state index contributed by atoms with van der Waals surface area (Å²) < 4.78 is 4.93. The minimum Gasteiger partial charge on any atom is -0.462 e. The maximum atomic E-state index is 12.6. The van der Waals surface area contributed by atoms with Gasteiger partial charge in [-0.25, -0.2) is 9.69 Å². The third-order valence-corrected chi connectivity index (χ3v) is 4.84. The van der Waals surface area contributed by atoms with Gasteiger partial charge in [0.2, 0.25) is 0 Å². The Morgan fingerprint density at radius 2 is 1.35 bits per heavy atom. The van der Waals surface area contributed by atoms with E-state index in [-0.39, 0.29) is 24.3 Å². The van der Waals surface area contributed by atoms with Gasteiger partial charge in [0, 0.05) is 11.3 Å². The molecular weight excluding hydrogens is 396 g/mol. The van der Waals surface area contributed by atoms with Gasteiger partial charge in [-0.15, -0.1) is 0 Å². The van der Waals surface area contributed by atoms with Gasteiger partial charge in [0.15, 0.2) is 0 Å². The molecule has 1 N–H and O–H groups in total. The average Bonchev–Trinajstić information content (AvgIpc) is 3.05. The molecule has 3 aromatic rings. The molecule has 0 saturated carbocycles. The molecule has 7 heteroatoms. The zero-order valence-electron chi connectivity index (χ0n) is 16.6. The van der Waals surface area contributed by atoms with Crippen LogP contribution in [0.1, 0.15) is 48.4 Å². The molecule has 1 aliphatic rings. The van der Waals surface area contributed by atoms with Crippen molar-refractivity contribution in [1.82, 2.24) is 0 Å². The van der Waals surface area contributed by atoms with Crippen LogP contribution in [0, 0.1) is 0 Å². The Kier molecular flexibility index (Phi) is 5.32. The SMILES string of the molecule is CCOC(=O)c1ccc(NC(=O)c2ccc(N3C(=O)c4ccccc4C3=O)cc2)cc1. The van der Waals surface area contributed by atoms with Gasteiger partial charge in [0.1, 0.15) is 0 Å². The predicted octanol–water partition coefficient (Wildman–Crippen LogP) is 3.92. The average molecular weight is 414 g/mol. The third kappa shape index (κ3) is 3.81. The molecule has 0 atom stereocenters. The Morgan fingerprint density at radius 1 is 0.806 bits per heavy atom. The minimum absolute atomic E-state index is 0.286. The molecule has 0 radical (unpaired) electrons. The summed E-state index contributed by atoms with van der Waals surface area (Å²) in [6.45, 7) is 2.01. The largest absolute Gasteiger partial charge is 0.462 e. The van der Waals surface area contributed by atoms with Crippen LogP contribution in [0.5, 0.6) is 0 Å². The van der Waals surface area contributed by atoms with Crippen molar-refractivity contribution < 1.29 is 23.9 Å². The van der Waals surface area contributed by atoms with Crippen LogP contribution in [0.4, 0.5) is 11.4 Å². The fraction of sp³-hybridized carbons (Fsp3) is 0.0833. The first-order valence-electron chi connectivity index (χ1n) is 9.66. The number of ether oxygens (including phenoxy) is 1. The number of nitrogens with one attached hydrogen (secondary N) is 1. The molecule has 0 fully saturated rings. The van der Waals surface area contributed by atoms with Gasteiger partial charge in [-0.2, -0.15) is 0 Å². The normalized spacial score (nSPS) is 12.5. The summed E-state index contributed by atoms with van der Waals surface area (Å²) in [6.07, 6.45) is 0. The van der Waals surface area contributed by atoms with Gasteiger partial charge in [-0.1, -0.05) is 12.1 Å². The lowest BCUT2D eigenvalue weighted by Crippen LogP contribution is -2.29. The highest BCUT2D eigenvalue weighted by molar-refractivity contribution is 6.34. The second-order valence-electron chi connectivity index (χ2n) is 6.79. The van der Waals surface area contributed by atoms with Crippen molar-refractivity contribution in [2.45, 2.75) is 6.92 Å². The van der Waals surface area contributed by atoms with Crippen molar-refractivity contribution in [3.05, 3.63) is 95.1 Å². The Labute approximate surface area is 178 Å². The number of carbonyl (C=O) groups is 4. The Balaban J connectivity index is 1.46. The first-order chi connectivity index (χ1) is 15.0. The maximum absolute atomic E-state index is 12.6. The fourth-order valence-electron chi connectivity index (χ4n) is 3.29. The van der Waals surface area contributed by atoms with Crippen LogP contribution in [0.25, 0.3) is 0 Å². The second kappa shape index (κ2) is 8.23. The lowest BCUT2D eigenvalue weighted by molar-refractivity contribution is 0.0526. The smallest absolute Gasteiger partial charge is 0.338 e. The summed E-state index contributed by atoms with van der Waals surface area (Å²) in [5.74, 6) is -1.57. The molecular formula is C24H18N2O5. The third-order valence-electron chi connectivity index (χ3n) is 4.84. The summed E-state index contributed by atoms with van der Waals surface area (Å²) >= 11 is 0. The van der Waals surface area contributed by atoms with Crippen LogP contribution in [-0.2, 0) is 4.74 Å². The molecule has 1 heterocycles. The molecule has 3 amide bonds. The highest BCUT2D eigenvalue weighted by Gasteiger charge is 2.36. The molecule has 0 spiro atoms. The van der Waals surface area contributed by atoms with Crippen molar-refractivity contribution in [1.29, 1.82) is 0 Å². The van der Waals surface area contributed by atoms with E-state index in [4.69, 9.17) is 4.74 Å². The molecule has 31 heavy (non-hydrogen) atoms. The Morgan fingerprint density at radius 3 is 1.90 bits per heavy atom. The Bertz CT molecular complexity index is 1150. The lowest BCUT2D eigenvalue weighted by atomic mass is 10.1. The maximum Gasteiger partial charge on any atom is 0.338 e. The van der Waals surface area contributed by atoms with E-state index in [1.165, 1.54) is 0 Å². The quantitative estimate of drug-likeness (QED) is 0.505. The molecule has 4 rings (SSSR count). The molecule has 0 bridgehead atoms. The van der Waals surface area contributed by atoms with Crippen LogP contribution in [0.2, 0.25) is 0 Å². The van der Waals surface area contributed by atoms with E-state index in [2.05, 4.69) is 5.32 Å². The van der Waals surface area contributed by atoms with E-state index < -0.39 is 5.97 Å². The Hall–Kier alpha value is -4.26. The van der Waals surface area contributed by atoms with Crippen molar-refractivity contribution in [2.24, 2.45) is 0 Å². The summed E-state index contributed by atoms with van der Waals surface area (Å²) in [5.41, 5.74) is 2.38. The zero-order chi connectivity index (χ0) is 22.0. The molecule has 154 valence electrons. The standard InChI is InChI=1S/C24H18N2O5/c1-2-31-24(30)16-7-11-17(12-8-16)25-21(27)15-9-13-18(14-10-15)26-22(28)19-5-3-4-6-20(19)23(26)29/h3-14H,2H2,1H3,(H,25,27). The number of benzene rings is 3. The van der Waals surface area contributed by atoms with E-state index in [1.54, 1.807) is 79.7 Å². The van der Waals surface area contributed by atoms with Crippen LogP contribution in [0.15, 0.2) is 72.8 Å². The molecule has 3 aromatic carbocycles. The topological polar surface area (TPSA) is 92.8 Å². The fourth-order valence-corrected chi connectivity index (χ4v) is 3.29. The van der Waals surface area contributed by atoms with Gasteiger partial charge in [0.05, 0.1) is 29.0 Å². The summed E-state index contributed by atoms with van der Waals surface area (Å²) in [4.78, 5) is 50.5. The van der Waals surface area contributed by atoms with Crippen LogP contribution in [0.3, 0.4) is 0 Å². The summed E-state index contributed by atoms with van der Waals surface area (Å²) in [6, 6.07) is 19.2. The highest BCUT2D eigenvalue weighted by atomic mass is 16.5. The van der Waals surface area contributed by atoms with Crippen LogP contribution in [-0.4, -0.2) is 30.3 Å². The number of nitrogens with zero attached hydrogens (tertiary/aromatic N) is 1. The molecule has 0 aromatic heterocycles. The number of esters is 1. The number of anilines is 2. The zero-order valence-corrected chi connectivity index (χ0v) is 16.6. The minimum atomic E-state index is -0.427. The highest BCUT2D eigenvalue weighted by Crippen LogP contribution is 2.28. The van der Waals surface area contributed by atoms with Gasteiger partial charge in [-0.3, -0.25) is 14.4 Å². The van der Waals surface area contributed by atoms with Gasteiger partial charge in [-0.05, 0) is 67.6 Å². The van der Waals surface area contributed by atoms with Crippen LogP contribution < -0.4 is 10.2 Å². The summed E-state index contributed by atoms with van der Waals surface area (Å²) in [5, 5.41) is 2.74. The molecule has 0 aliphatic carbocycles. The number of amides is 3. The molecule has 0 saturated heterocycles. The number of carbonyl (C=O) groups excluding carboxylic acids is 4. The summed E-state index contributed by atoms with van der Waals surface area (Å²) in [7, 11) is 0. The number of hydrogen-bond donors (Lipinski definition) is 1. The lowest BCUT2D eigenvalue weighted by Gasteiger charge is -2.14. The molecule has 1 aliphatic heterocycles. The van der Waals surface area contributed by atoms with Crippen molar-refractivity contribution in [3.63, 3.8) is 0 Å². The first-order valence-corrected chi connectivity index (χ1v) is 9.66.